The maximum Gasteiger partial charge on any atom is 0.335 e. The summed E-state index contributed by atoms with van der Waals surface area (Å²) in [6.07, 6.45) is 1.95. The van der Waals surface area contributed by atoms with Gasteiger partial charge < -0.3 is 9.84 Å². The molecule has 2 aromatic rings. The second kappa shape index (κ2) is 6.88. The topological polar surface area (TPSA) is 46.5 Å². The number of carbonyl (C=O) groups is 1. The molecule has 110 valence electrons. The van der Waals surface area contributed by atoms with Crippen molar-refractivity contribution in [3.8, 4) is 16.9 Å². The highest BCUT2D eigenvalue weighted by molar-refractivity contribution is 5.88. The van der Waals surface area contributed by atoms with Crippen LogP contribution in [0.5, 0.6) is 5.75 Å². The van der Waals surface area contributed by atoms with E-state index in [2.05, 4.69) is 6.92 Å². The van der Waals surface area contributed by atoms with E-state index in [0.29, 0.717) is 23.5 Å². The number of carboxylic acids is 1. The van der Waals surface area contributed by atoms with Crippen molar-refractivity contribution in [1.29, 1.82) is 0 Å². The molecule has 2 rings (SSSR count). The standard InChI is InChI=1S/C17H17FO3/c1-2-3-10-21-14-8-9-15(16(18)11-14)12-4-6-13(7-5-12)17(19)20/h4-9,11H,2-3,10H2,1H3,(H,19,20). The van der Waals surface area contributed by atoms with Crippen LogP contribution in [0.1, 0.15) is 30.1 Å². The van der Waals surface area contributed by atoms with Gasteiger partial charge in [0.2, 0.25) is 0 Å². The molecule has 0 fully saturated rings. The molecule has 0 aromatic heterocycles. The summed E-state index contributed by atoms with van der Waals surface area (Å²) in [5.41, 5.74) is 1.24. The summed E-state index contributed by atoms with van der Waals surface area (Å²) in [4.78, 5) is 10.8. The molecule has 0 saturated carbocycles. The molecule has 0 heterocycles. The normalized spacial score (nSPS) is 10.4. The molecule has 0 radical (unpaired) electrons. The number of halogens is 1. The summed E-state index contributed by atoms with van der Waals surface area (Å²) >= 11 is 0. The number of hydrogen-bond acceptors (Lipinski definition) is 2. The molecule has 0 saturated heterocycles. The highest BCUT2D eigenvalue weighted by Gasteiger charge is 2.08. The van der Waals surface area contributed by atoms with Gasteiger partial charge in [0.15, 0.2) is 0 Å². The first-order valence-corrected chi connectivity index (χ1v) is 6.88. The molecule has 0 aliphatic rings. The van der Waals surface area contributed by atoms with Gasteiger partial charge in [0, 0.05) is 11.6 Å². The molecule has 0 amide bonds. The van der Waals surface area contributed by atoms with Crippen molar-refractivity contribution in [3.63, 3.8) is 0 Å². The summed E-state index contributed by atoms with van der Waals surface area (Å²) in [6.45, 7) is 2.64. The summed E-state index contributed by atoms with van der Waals surface area (Å²) in [5, 5.41) is 8.85. The number of aromatic carboxylic acids is 1. The van der Waals surface area contributed by atoms with Crippen LogP contribution in [0.3, 0.4) is 0 Å². The molecule has 21 heavy (non-hydrogen) atoms. The molecule has 0 atom stereocenters. The molecule has 0 unspecified atom stereocenters. The zero-order chi connectivity index (χ0) is 15.2. The summed E-state index contributed by atoms with van der Waals surface area (Å²) in [6, 6.07) is 10.8. The van der Waals surface area contributed by atoms with Gasteiger partial charge in [-0.3, -0.25) is 0 Å². The molecule has 3 nitrogen and oxygen atoms in total. The van der Waals surface area contributed by atoms with E-state index in [0.717, 1.165) is 12.8 Å². The van der Waals surface area contributed by atoms with Gasteiger partial charge in [-0.25, -0.2) is 9.18 Å². The van der Waals surface area contributed by atoms with E-state index in [9.17, 15) is 9.18 Å². The molecule has 4 heteroatoms. The van der Waals surface area contributed by atoms with Crippen molar-refractivity contribution in [2.45, 2.75) is 19.8 Å². The second-order valence-corrected chi connectivity index (χ2v) is 4.73. The molecular formula is C17H17FO3. The first-order valence-electron chi connectivity index (χ1n) is 6.88. The van der Waals surface area contributed by atoms with Crippen LogP contribution in [-0.2, 0) is 0 Å². The van der Waals surface area contributed by atoms with Crippen LogP contribution < -0.4 is 4.74 Å². The fourth-order valence-electron chi connectivity index (χ4n) is 1.95. The van der Waals surface area contributed by atoms with Crippen molar-refractivity contribution in [2.24, 2.45) is 0 Å². The number of ether oxygens (including phenoxy) is 1. The Bertz CT molecular complexity index is 620. The average molecular weight is 288 g/mol. The van der Waals surface area contributed by atoms with Crippen LogP contribution in [0.15, 0.2) is 42.5 Å². The van der Waals surface area contributed by atoms with E-state index >= 15 is 0 Å². The lowest BCUT2D eigenvalue weighted by molar-refractivity contribution is 0.0697. The van der Waals surface area contributed by atoms with E-state index < -0.39 is 5.97 Å². The second-order valence-electron chi connectivity index (χ2n) is 4.73. The van der Waals surface area contributed by atoms with Gasteiger partial charge in [0.25, 0.3) is 0 Å². The SMILES string of the molecule is CCCCOc1ccc(-c2ccc(C(=O)O)cc2)c(F)c1. The third-order valence-corrected chi connectivity index (χ3v) is 3.15. The van der Waals surface area contributed by atoms with Gasteiger partial charge in [-0.05, 0) is 36.2 Å². The monoisotopic (exact) mass is 288 g/mol. The molecule has 0 aliphatic carbocycles. The highest BCUT2D eigenvalue weighted by atomic mass is 19.1. The predicted molar refractivity (Wildman–Crippen MR) is 79.2 cm³/mol. The largest absolute Gasteiger partial charge is 0.493 e. The molecule has 0 spiro atoms. The van der Waals surface area contributed by atoms with Crippen LogP contribution in [0, 0.1) is 5.82 Å². The Morgan fingerprint density at radius 2 is 1.90 bits per heavy atom. The van der Waals surface area contributed by atoms with E-state index in [-0.39, 0.29) is 11.4 Å². The Hall–Kier alpha value is -2.36. The Morgan fingerprint density at radius 3 is 2.48 bits per heavy atom. The number of unbranched alkanes of at least 4 members (excludes halogenated alkanes) is 1. The van der Waals surface area contributed by atoms with Gasteiger partial charge >= 0.3 is 5.97 Å². The predicted octanol–water partition coefficient (Wildman–Crippen LogP) is 4.37. The van der Waals surface area contributed by atoms with Crippen LogP contribution in [-0.4, -0.2) is 17.7 Å². The maximum absolute atomic E-state index is 14.1. The fraction of sp³-hybridized carbons (Fsp3) is 0.235. The minimum absolute atomic E-state index is 0.179. The van der Waals surface area contributed by atoms with Crippen molar-refractivity contribution >= 4 is 5.97 Å². The number of rotatable bonds is 6. The lowest BCUT2D eigenvalue weighted by atomic mass is 10.0. The first kappa shape index (κ1) is 15.0. The summed E-state index contributed by atoms with van der Waals surface area (Å²) < 4.78 is 19.6. The summed E-state index contributed by atoms with van der Waals surface area (Å²) in [7, 11) is 0. The van der Waals surface area contributed by atoms with Crippen molar-refractivity contribution in [3.05, 3.63) is 53.8 Å². The molecule has 0 bridgehead atoms. The minimum atomic E-state index is -0.998. The van der Waals surface area contributed by atoms with Crippen molar-refractivity contribution in [1.82, 2.24) is 0 Å². The van der Waals surface area contributed by atoms with E-state index in [1.54, 1.807) is 24.3 Å². The Morgan fingerprint density at radius 1 is 1.19 bits per heavy atom. The van der Waals surface area contributed by atoms with Gasteiger partial charge in [-0.1, -0.05) is 25.5 Å². The van der Waals surface area contributed by atoms with Crippen LogP contribution in [0.25, 0.3) is 11.1 Å². The van der Waals surface area contributed by atoms with E-state index in [1.165, 1.54) is 18.2 Å². The van der Waals surface area contributed by atoms with Crippen molar-refractivity contribution < 1.29 is 19.0 Å². The van der Waals surface area contributed by atoms with Crippen molar-refractivity contribution in [2.75, 3.05) is 6.61 Å². The summed E-state index contributed by atoms with van der Waals surface area (Å²) in [5.74, 6) is -0.874. The smallest absolute Gasteiger partial charge is 0.335 e. The minimum Gasteiger partial charge on any atom is -0.493 e. The Labute approximate surface area is 123 Å². The van der Waals surface area contributed by atoms with Gasteiger partial charge in [0.1, 0.15) is 11.6 Å². The zero-order valence-corrected chi connectivity index (χ0v) is 11.8. The molecule has 0 aliphatic heterocycles. The van der Waals surface area contributed by atoms with Gasteiger partial charge in [-0.2, -0.15) is 0 Å². The van der Waals surface area contributed by atoms with Crippen LogP contribution in [0.2, 0.25) is 0 Å². The van der Waals surface area contributed by atoms with Gasteiger partial charge in [-0.15, -0.1) is 0 Å². The molecule has 1 N–H and O–H groups in total. The Balaban J connectivity index is 2.18. The zero-order valence-electron chi connectivity index (χ0n) is 11.8. The van der Waals surface area contributed by atoms with Gasteiger partial charge in [0.05, 0.1) is 12.2 Å². The fourth-order valence-corrected chi connectivity index (χ4v) is 1.95. The van der Waals surface area contributed by atoms with Crippen LogP contribution >= 0.6 is 0 Å². The Kier molecular flexibility index (Phi) is 4.93. The number of carboxylic acid groups (broad SMARTS) is 1. The highest BCUT2D eigenvalue weighted by Crippen LogP contribution is 2.26. The third-order valence-electron chi connectivity index (χ3n) is 3.15. The lowest BCUT2D eigenvalue weighted by Gasteiger charge is -2.08. The van der Waals surface area contributed by atoms with E-state index in [1.807, 2.05) is 0 Å². The molecular weight excluding hydrogens is 271 g/mol. The average Bonchev–Trinajstić information content (AvgIpc) is 2.48. The quantitative estimate of drug-likeness (QED) is 0.803. The number of benzene rings is 2. The number of hydrogen-bond donors (Lipinski definition) is 1. The van der Waals surface area contributed by atoms with E-state index in [4.69, 9.17) is 9.84 Å². The lowest BCUT2D eigenvalue weighted by Crippen LogP contribution is -1.98. The third kappa shape index (κ3) is 3.81. The maximum atomic E-state index is 14.1. The first-order chi connectivity index (χ1) is 10.1. The van der Waals surface area contributed by atoms with Crippen LogP contribution in [0.4, 0.5) is 4.39 Å². The molecule has 2 aromatic carbocycles.